The van der Waals surface area contributed by atoms with Crippen molar-refractivity contribution >= 4 is 28.7 Å². The molecule has 0 heterocycles. The standard InChI is InChI=1S/C57H53N/c1-9-11-22-43(10-2)57(44-23-13-12-14-24-44)54-28-18-17-27-51(54)52-33-30-48(38-55(52)57)58(46-25-19-20-40(5)35-46)47-31-34-53-42(37-47)36-45(56(53,7)8)29-32-49(39(3)4)50-26-16-15-21-41(50)6/h9-38H,2H2,1,3-8H3/b11-9-,32-29-,43-22+. The second kappa shape index (κ2) is 15.5. The molecule has 1 atom stereocenters. The lowest BCUT2D eigenvalue weighted by atomic mass is 9.67. The van der Waals surface area contributed by atoms with Crippen molar-refractivity contribution < 1.29 is 0 Å². The van der Waals surface area contributed by atoms with Gasteiger partial charge < -0.3 is 4.90 Å². The number of hydrogen-bond acceptors (Lipinski definition) is 1. The van der Waals surface area contributed by atoms with E-state index in [1.54, 1.807) is 0 Å². The highest BCUT2D eigenvalue weighted by Gasteiger charge is 2.46. The molecule has 6 aromatic rings. The quantitative estimate of drug-likeness (QED) is 0.126. The van der Waals surface area contributed by atoms with E-state index in [1.807, 2.05) is 6.08 Å². The van der Waals surface area contributed by atoms with Gasteiger partial charge in [0.25, 0.3) is 0 Å². The average molecular weight is 752 g/mol. The zero-order valence-electron chi connectivity index (χ0n) is 35.0. The Morgan fingerprint density at radius 1 is 0.655 bits per heavy atom. The van der Waals surface area contributed by atoms with Crippen molar-refractivity contribution in [3.8, 4) is 11.1 Å². The van der Waals surface area contributed by atoms with Crippen LogP contribution < -0.4 is 4.90 Å². The first-order valence-electron chi connectivity index (χ1n) is 20.5. The number of allylic oxidation sites excluding steroid dienone is 10. The molecule has 1 nitrogen and oxygen atoms in total. The van der Waals surface area contributed by atoms with E-state index in [9.17, 15) is 0 Å². The van der Waals surface area contributed by atoms with E-state index >= 15 is 0 Å². The summed E-state index contributed by atoms with van der Waals surface area (Å²) in [6, 6.07) is 51.5. The Hall–Kier alpha value is -6.44. The van der Waals surface area contributed by atoms with Crippen molar-refractivity contribution in [2.45, 2.75) is 59.3 Å². The molecule has 0 N–H and O–H groups in total. The predicted molar refractivity (Wildman–Crippen MR) is 250 cm³/mol. The molecule has 0 spiro atoms. The minimum Gasteiger partial charge on any atom is -0.310 e. The maximum absolute atomic E-state index is 4.41. The van der Waals surface area contributed by atoms with E-state index in [0.29, 0.717) is 0 Å². The van der Waals surface area contributed by atoms with E-state index in [-0.39, 0.29) is 5.41 Å². The van der Waals surface area contributed by atoms with Crippen LogP contribution in [0.25, 0.3) is 22.8 Å². The van der Waals surface area contributed by atoms with Gasteiger partial charge in [0.2, 0.25) is 0 Å². The average Bonchev–Trinajstić information content (AvgIpc) is 3.66. The van der Waals surface area contributed by atoms with Crippen molar-refractivity contribution in [3.05, 3.63) is 244 Å². The molecule has 8 rings (SSSR count). The van der Waals surface area contributed by atoms with Crippen LogP contribution in [0.1, 0.15) is 79.1 Å². The number of aryl methyl sites for hydroxylation is 2. The van der Waals surface area contributed by atoms with Crippen molar-refractivity contribution in [3.63, 3.8) is 0 Å². The third-order valence-electron chi connectivity index (χ3n) is 12.3. The second-order valence-electron chi connectivity index (χ2n) is 16.5. The van der Waals surface area contributed by atoms with Crippen LogP contribution in [0.2, 0.25) is 0 Å². The molecule has 0 saturated carbocycles. The van der Waals surface area contributed by atoms with Crippen LogP contribution in [0.5, 0.6) is 0 Å². The van der Waals surface area contributed by atoms with Gasteiger partial charge >= 0.3 is 0 Å². The Morgan fingerprint density at radius 3 is 2.09 bits per heavy atom. The molecule has 0 bridgehead atoms. The highest BCUT2D eigenvalue weighted by Crippen LogP contribution is 2.58. The fourth-order valence-corrected chi connectivity index (χ4v) is 9.36. The minimum absolute atomic E-state index is 0.147. The summed E-state index contributed by atoms with van der Waals surface area (Å²) in [4.78, 5) is 2.43. The van der Waals surface area contributed by atoms with Crippen LogP contribution in [0.15, 0.2) is 199 Å². The Morgan fingerprint density at radius 2 is 1.34 bits per heavy atom. The summed E-state index contributed by atoms with van der Waals surface area (Å²) in [5, 5.41) is 0. The maximum atomic E-state index is 4.41. The molecule has 1 heteroatoms. The van der Waals surface area contributed by atoms with Gasteiger partial charge in [-0.15, -0.1) is 0 Å². The van der Waals surface area contributed by atoms with Gasteiger partial charge in [-0.05, 0) is 143 Å². The second-order valence-corrected chi connectivity index (χ2v) is 16.5. The first kappa shape index (κ1) is 38.4. The van der Waals surface area contributed by atoms with E-state index in [0.717, 1.165) is 22.6 Å². The van der Waals surface area contributed by atoms with Crippen LogP contribution >= 0.6 is 0 Å². The summed E-state index contributed by atoms with van der Waals surface area (Å²) in [6.07, 6.45) is 15.6. The smallest absolute Gasteiger partial charge is 0.0714 e. The lowest BCUT2D eigenvalue weighted by Crippen LogP contribution is -2.29. The van der Waals surface area contributed by atoms with Crippen LogP contribution in [0, 0.1) is 13.8 Å². The van der Waals surface area contributed by atoms with Crippen LogP contribution in [0.4, 0.5) is 17.1 Å². The lowest BCUT2D eigenvalue weighted by Gasteiger charge is -2.35. The van der Waals surface area contributed by atoms with Crippen LogP contribution in [-0.4, -0.2) is 0 Å². The first-order chi connectivity index (χ1) is 28.1. The molecule has 2 aliphatic carbocycles. The monoisotopic (exact) mass is 751 g/mol. The summed E-state index contributed by atoms with van der Waals surface area (Å²) >= 11 is 0. The maximum Gasteiger partial charge on any atom is 0.0714 e. The van der Waals surface area contributed by atoms with Crippen molar-refractivity contribution in [1.82, 2.24) is 0 Å². The molecule has 0 fully saturated rings. The van der Waals surface area contributed by atoms with Gasteiger partial charge in [0.15, 0.2) is 0 Å². The van der Waals surface area contributed by atoms with E-state index in [4.69, 9.17) is 0 Å². The van der Waals surface area contributed by atoms with Crippen molar-refractivity contribution in [1.29, 1.82) is 0 Å². The number of hydrogen-bond donors (Lipinski definition) is 0. The molecule has 0 aromatic heterocycles. The van der Waals surface area contributed by atoms with Gasteiger partial charge in [-0.2, -0.15) is 0 Å². The zero-order chi connectivity index (χ0) is 40.6. The van der Waals surface area contributed by atoms with Gasteiger partial charge in [0.05, 0.1) is 5.41 Å². The molecule has 0 amide bonds. The fraction of sp³-hybridized carbons (Fsp3) is 0.158. The summed E-state index contributed by atoms with van der Waals surface area (Å²) in [6.45, 7) is 20.0. The summed E-state index contributed by atoms with van der Waals surface area (Å²) in [5.41, 5.74) is 20.3. The van der Waals surface area contributed by atoms with Crippen molar-refractivity contribution in [2.75, 3.05) is 4.90 Å². The molecule has 0 aliphatic heterocycles. The minimum atomic E-state index is -0.558. The summed E-state index contributed by atoms with van der Waals surface area (Å²) in [7, 11) is 0. The third kappa shape index (κ3) is 6.45. The number of rotatable bonds is 10. The third-order valence-corrected chi connectivity index (χ3v) is 12.3. The van der Waals surface area contributed by atoms with E-state index in [2.05, 4.69) is 236 Å². The molecule has 58 heavy (non-hydrogen) atoms. The molecule has 1 unspecified atom stereocenters. The number of benzene rings is 6. The molecular formula is C57H53N. The Labute approximate surface area is 346 Å². The summed E-state index contributed by atoms with van der Waals surface area (Å²) in [5.74, 6) is 0. The van der Waals surface area contributed by atoms with Crippen molar-refractivity contribution in [2.24, 2.45) is 0 Å². The lowest BCUT2D eigenvalue weighted by molar-refractivity contribution is 0.655. The molecule has 6 aromatic carbocycles. The number of fused-ring (bicyclic) bond motifs is 4. The highest BCUT2D eigenvalue weighted by molar-refractivity contribution is 5.90. The molecule has 0 radical (unpaired) electrons. The van der Waals surface area contributed by atoms with E-state index in [1.165, 1.54) is 72.4 Å². The number of anilines is 3. The zero-order valence-corrected chi connectivity index (χ0v) is 35.0. The van der Waals surface area contributed by atoms with Gasteiger partial charge in [-0.1, -0.05) is 172 Å². The highest BCUT2D eigenvalue weighted by atomic mass is 15.1. The molecular weight excluding hydrogens is 699 g/mol. The van der Waals surface area contributed by atoms with Gasteiger partial charge in [0, 0.05) is 22.5 Å². The Kier molecular flexibility index (Phi) is 10.3. The van der Waals surface area contributed by atoms with Gasteiger partial charge in [0.1, 0.15) is 0 Å². The van der Waals surface area contributed by atoms with Gasteiger partial charge in [-0.3, -0.25) is 0 Å². The van der Waals surface area contributed by atoms with Crippen LogP contribution in [-0.2, 0) is 10.8 Å². The number of nitrogens with zero attached hydrogens (tertiary/aromatic N) is 1. The molecule has 2 aliphatic rings. The first-order valence-corrected chi connectivity index (χ1v) is 20.5. The fourth-order valence-electron chi connectivity index (χ4n) is 9.36. The Bertz CT molecular complexity index is 2710. The summed E-state index contributed by atoms with van der Waals surface area (Å²) < 4.78 is 0. The Balaban J connectivity index is 1.31. The molecule has 0 saturated heterocycles. The van der Waals surface area contributed by atoms with Gasteiger partial charge in [-0.25, -0.2) is 0 Å². The topological polar surface area (TPSA) is 3.24 Å². The SMILES string of the molecule is C=C/C(=C\C=C/C)C1(c2ccccc2)c2ccccc2-c2ccc(N(c3cccc(C)c3)c3ccc4c(c3)C=C(/C=C\C(=C(C)C)c3ccccc3C)C4(C)C)cc21. The van der Waals surface area contributed by atoms with Crippen LogP contribution in [0.3, 0.4) is 0 Å². The molecule has 286 valence electrons. The van der Waals surface area contributed by atoms with E-state index < -0.39 is 5.41 Å². The predicted octanol–water partition coefficient (Wildman–Crippen LogP) is 15.5. The normalized spacial score (nSPS) is 16.5. The largest absolute Gasteiger partial charge is 0.310 e.